The maximum atomic E-state index is 2.64. The van der Waals surface area contributed by atoms with Gasteiger partial charge in [-0.1, -0.05) is 32.1 Å². The molecule has 1 nitrogen and oxygen atoms in total. The quantitative estimate of drug-likeness (QED) is 0.540. The minimum Gasteiger partial charge on any atom is -0.328 e. The summed E-state index contributed by atoms with van der Waals surface area (Å²) in [5.74, 6) is 0.864. The smallest absolute Gasteiger partial charge is 0.328 e. The second-order valence-electron chi connectivity index (χ2n) is 6.94. The first kappa shape index (κ1) is 17.6. The van der Waals surface area contributed by atoms with E-state index in [-0.39, 0.29) is 51.4 Å². The summed E-state index contributed by atoms with van der Waals surface area (Å²) in [5, 5.41) is 0. The maximum Gasteiger partial charge on any atom is 1.00 e. The van der Waals surface area contributed by atoms with Crippen molar-refractivity contribution in [3.8, 4) is 0 Å². The zero-order chi connectivity index (χ0) is 12.3. The van der Waals surface area contributed by atoms with Crippen molar-refractivity contribution in [2.45, 2.75) is 71.3 Å². The Morgan fingerprint density at radius 3 is 2.28 bits per heavy atom. The van der Waals surface area contributed by atoms with Crippen LogP contribution in [0.25, 0.3) is 0 Å². The van der Waals surface area contributed by atoms with E-state index in [1.807, 2.05) is 0 Å². The summed E-state index contributed by atoms with van der Waals surface area (Å²) in [4.78, 5) is 2.64. The Morgan fingerprint density at radius 1 is 1.22 bits per heavy atom. The molecule has 1 spiro atoms. The zero-order valence-electron chi connectivity index (χ0n) is 13.0. The second kappa shape index (κ2) is 8.14. The van der Waals surface area contributed by atoms with Gasteiger partial charge in [0.15, 0.2) is 0 Å². The van der Waals surface area contributed by atoms with Crippen LogP contribution in [0.2, 0.25) is 0 Å². The van der Waals surface area contributed by atoms with Crippen molar-refractivity contribution in [2.75, 3.05) is 13.6 Å². The summed E-state index contributed by atoms with van der Waals surface area (Å²) in [6.07, 6.45) is 13.9. The molecule has 0 aromatic rings. The molecule has 2 saturated carbocycles. The van der Waals surface area contributed by atoms with Crippen molar-refractivity contribution in [3.63, 3.8) is 0 Å². The Labute approximate surface area is 157 Å². The topological polar surface area (TPSA) is 3.24 Å². The van der Waals surface area contributed by atoms with Crippen LogP contribution < -0.4 is 51.4 Å². The summed E-state index contributed by atoms with van der Waals surface area (Å²) in [7, 11) is 2.34. The molecule has 2 heteroatoms. The standard InChI is InChI=1S/C16H30N.K/c1-14(2)6-4-13-17(3)15-7-11-16(12-8-15)9-5-10-16;/h5,14-15H,4,6-13H2,1-3H3;/q-1;+1. The molecule has 100 valence electrons. The van der Waals surface area contributed by atoms with Gasteiger partial charge in [-0.25, -0.2) is 0 Å². The second-order valence-corrected chi connectivity index (χ2v) is 6.94. The third kappa shape index (κ3) is 4.85. The van der Waals surface area contributed by atoms with Crippen LogP contribution in [0.1, 0.15) is 65.2 Å². The molecule has 0 radical (unpaired) electrons. The van der Waals surface area contributed by atoms with Gasteiger partial charge in [0.25, 0.3) is 0 Å². The molecule has 0 N–H and O–H groups in total. The van der Waals surface area contributed by atoms with Gasteiger partial charge in [0, 0.05) is 6.04 Å². The molecule has 0 atom stereocenters. The zero-order valence-corrected chi connectivity index (χ0v) is 16.2. The summed E-state index contributed by atoms with van der Waals surface area (Å²) in [6, 6.07) is 0.883. The van der Waals surface area contributed by atoms with Gasteiger partial charge in [0.2, 0.25) is 0 Å². The van der Waals surface area contributed by atoms with Crippen molar-refractivity contribution in [3.05, 3.63) is 6.42 Å². The Hall–Kier alpha value is 1.60. The average molecular weight is 276 g/mol. The van der Waals surface area contributed by atoms with Gasteiger partial charge in [-0.05, 0) is 45.2 Å². The van der Waals surface area contributed by atoms with Crippen LogP contribution in [0, 0.1) is 17.8 Å². The molecule has 2 fully saturated rings. The maximum absolute atomic E-state index is 2.64. The van der Waals surface area contributed by atoms with E-state index in [1.54, 1.807) is 0 Å². The van der Waals surface area contributed by atoms with Crippen LogP contribution in [0.3, 0.4) is 0 Å². The van der Waals surface area contributed by atoms with Gasteiger partial charge in [-0.2, -0.15) is 12.8 Å². The predicted octanol–water partition coefficient (Wildman–Crippen LogP) is 1.29. The van der Waals surface area contributed by atoms with E-state index in [9.17, 15) is 0 Å². The van der Waals surface area contributed by atoms with Crippen LogP contribution in [-0.2, 0) is 0 Å². The van der Waals surface area contributed by atoms with Gasteiger partial charge in [0.1, 0.15) is 0 Å². The van der Waals surface area contributed by atoms with Crippen molar-refractivity contribution in [1.82, 2.24) is 4.90 Å². The van der Waals surface area contributed by atoms with E-state index in [2.05, 4.69) is 32.2 Å². The molecule has 0 aromatic heterocycles. The summed E-state index contributed by atoms with van der Waals surface area (Å²) >= 11 is 0. The fourth-order valence-corrected chi connectivity index (χ4v) is 3.55. The monoisotopic (exact) mass is 275 g/mol. The van der Waals surface area contributed by atoms with Crippen LogP contribution in [-0.4, -0.2) is 24.5 Å². The fraction of sp³-hybridized carbons (Fsp3) is 0.938. The summed E-state index contributed by atoms with van der Waals surface area (Å²) in [5.41, 5.74) is 0.773. The molecule has 0 unspecified atom stereocenters. The number of rotatable bonds is 5. The molecule has 0 bridgehead atoms. The van der Waals surface area contributed by atoms with Gasteiger partial charge in [-0.15, -0.1) is 0 Å². The van der Waals surface area contributed by atoms with Crippen molar-refractivity contribution >= 4 is 0 Å². The minimum absolute atomic E-state index is 0. The van der Waals surface area contributed by atoms with Crippen LogP contribution in [0.15, 0.2) is 0 Å². The van der Waals surface area contributed by atoms with E-state index in [1.165, 1.54) is 57.9 Å². The Balaban J connectivity index is 0.00000162. The molecule has 2 aliphatic carbocycles. The molecule has 2 aliphatic rings. The van der Waals surface area contributed by atoms with E-state index in [4.69, 9.17) is 0 Å². The Morgan fingerprint density at radius 2 is 1.83 bits per heavy atom. The third-order valence-corrected chi connectivity index (χ3v) is 5.09. The summed E-state index contributed by atoms with van der Waals surface area (Å²) < 4.78 is 0. The molecule has 0 amide bonds. The number of hydrogen-bond acceptors (Lipinski definition) is 1. The van der Waals surface area contributed by atoms with E-state index < -0.39 is 0 Å². The number of nitrogens with zero attached hydrogens (tertiary/aromatic N) is 1. The number of hydrogen-bond donors (Lipinski definition) is 0. The summed E-state index contributed by atoms with van der Waals surface area (Å²) in [6.45, 7) is 5.97. The first-order valence-electron chi connectivity index (χ1n) is 7.63. The largest absolute Gasteiger partial charge is 1.00 e. The molecular weight excluding hydrogens is 245 g/mol. The van der Waals surface area contributed by atoms with Crippen molar-refractivity contribution in [2.24, 2.45) is 11.3 Å². The van der Waals surface area contributed by atoms with E-state index >= 15 is 0 Å². The molecule has 2 rings (SSSR count). The Kier molecular flexibility index (Phi) is 7.98. The fourth-order valence-electron chi connectivity index (χ4n) is 3.55. The molecule has 0 saturated heterocycles. The first-order valence-corrected chi connectivity index (χ1v) is 7.63. The van der Waals surface area contributed by atoms with Gasteiger partial charge >= 0.3 is 51.4 Å². The Bertz CT molecular complexity index is 225. The molecular formula is C16H30KN. The average Bonchev–Trinajstić information content (AvgIpc) is 2.26. The molecule has 0 heterocycles. The molecule has 18 heavy (non-hydrogen) atoms. The molecule has 0 aromatic carbocycles. The van der Waals surface area contributed by atoms with E-state index in [0.29, 0.717) is 0 Å². The SMILES string of the molecule is CC(C)CCCN(C)C1CCC2(C[CH-]C2)CC1.[K+]. The van der Waals surface area contributed by atoms with Gasteiger partial charge in [0.05, 0.1) is 0 Å². The third-order valence-electron chi connectivity index (χ3n) is 5.09. The predicted molar refractivity (Wildman–Crippen MR) is 74.9 cm³/mol. The van der Waals surface area contributed by atoms with Crippen LogP contribution >= 0.6 is 0 Å². The van der Waals surface area contributed by atoms with Gasteiger partial charge in [-0.3, -0.25) is 0 Å². The van der Waals surface area contributed by atoms with Gasteiger partial charge < -0.3 is 11.3 Å². The first-order chi connectivity index (χ1) is 8.11. The van der Waals surface area contributed by atoms with Crippen LogP contribution in [0.4, 0.5) is 0 Å². The normalized spacial score (nSPS) is 23.2. The molecule has 0 aliphatic heterocycles. The van der Waals surface area contributed by atoms with E-state index in [0.717, 1.165) is 17.4 Å². The van der Waals surface area contributed by atoms with Crippen molar-refractivity contribution < 1.29 is 51.4 Å². The minimum atomic E-state index is 0. The van der Waals surface area contributed by atoms with Crippen LogP contribution in [0.5, 0.6) is 0 Å². The van der Waals surface area contributed by atoms with Crippen molar-refractivity contribution in [1.29, 1.82) is 0 Å².